The van der Waals surface area contributed by atoms with Crippen LogP contribution in [-0.4, -0.2) is 24.2 Å². The minimum absolute atomic E-state index is 0.676. The fraction of sp³-hybridized carbons (Fsp3) is 0.0833. The van der Waals surface area contributed by atoms with Gasteiger partial charge >= 0.3 is 0 Å². The zero-order valence-electron chi connectivity index (χ0n) is 15.8. The first-order chi connectivity index (χ1) is 13.8. The van der Waals surface area contributed by atoms with E-state index in [2.05, 4.69) is 0 Å². The zero-order chi connectivity index (χ0) is 19.3. The Kier molecular flexibility index (Phi) is 5.02. The standard InChI is InChI=1S/C24H20N2O2/c1-27-19-13-14-20(23(15-19)28-2)22-16-21(17-9-5-3-6-10-17)25-24(26-22)18-11-7-4-8-12-18/h3-16H,1-2H3. The van der Waals surface area contributed by atoms with Gasteiger partial charge in [-0.15, -0.1) is 0 Å². The van der Waals surface area contributed by atoms with Gasteiger partial charge in [-0.1, -0.05) is 60.7 Å². The number of rotatable bonds is 5. The van der Waals surface area contributed by atoms with Crippen LogP contribution in [0.25, 0.3) is 33.9 Å². The van der Waals surface area contributed by atoms with Crippen LogP contribution in [0.15, 0.2) is 84.9 Å². The molecule has 4 aromatic rings. The van der Waals surface area contributed by atoms with Gasteiger partial charge in [0.2, 0.25) is 0 Å². The summed E-state index contributed by atoms with van der Waals surface area (Å²) in [6, 6.07) is 27.8. The minimum atomic E-state index is 0.676. The van der Waals surface area contributed by atoms with Crippen LogP contribution in [0.3, 0.4) is 0 Å². The average molecular weight is 368 g/mol. The maximum absolute atomic E-state index is 5.59. The van der Waals surface area contributed by atoms with Crippen molar-refractivity contribution in [1.82, 2.24) is 9.97 Å². The SMILES string of the molecule is COc1ccc(-c2cc(-c3ccccc3)nc(-c3ccccc3)n2)c(OC)c1. The molecule has 0 fully saturated rings. The average Bonchev–Trinajstić information content (AvgIpc) is 2.79. The zero-order valence-corrected chi connectivity index (χ0v) is 15.8. The highest BCUT2D eigenvalue weighted by molar-refractivity contribution is 5.75. The van der Waals surface area contributed by atoms with Crippen molar-refractivity contribution in [3.05, 3.63) is 84.9 Å². The molecule has 0 amide bonds. The van der Waals surface area contributed by atoms with E-state index in [0.29, 0.717) is 11.6 Å². The van der Waals surface area contributed by atoms with E-state index in [1.54, 1.807) is 14.2 Å². The molecule has 4 heteroatoms. The molecule has 0 unspecified atom stereocenters. The third kappa shape index (κ3) is 3.58. The van der Waals surface area contributed by atoms with Crippen molar-refractivity contribution in [2.45, 2.75) is 0 Å². The molecular formula is C24H20N2O2. The molecule has 0 radical (unpaired) electrons. The van der Waals surface area contributed by atoms with E-state index in [0.717, 1.165) is 33.8 Å². The molecule has 0 aliphatic rings. The molecule has 0 saturated heterocycles. The van der Waals surface area contributed by atoms with Crippen molar-refractivity contribution in [1.29, 1.82) is 0 Å². The second kappa shape index (κ2) is 7.92. The molecule has 0 N–H and O–H groups in total. The summed E-state index contributed by atoms with van der Waals surface area (Å²) < 4.78 is 10.9. The molecule has 0 bridgehead atoms. The summed E-state index contributed by atoms with van der Waals surface area (Å²) in [6.45, 7) is 0. The Labute approximate surface area is 164 Å². The summed E-state index contributed by atoms with van der Waals surface area (Å²) in [7, 11) is 3.29. The lowest BCUT2D eigenvalue weighted by Crippen LogP contribution is -1.97. The van der Waals surface area contributed by atoms with E-state index in [9.17, 15) is 0 Å². The van der Waals surface area contributed by atoms with Crippen LogP contribution in [0.4, 0.5) is 0 Å². The van der Waals surface area contributed by atoms with E-state index in [-0.39, 0.29) is 0 Å². The van der Waals surface area contributed by atoms with Crippen LogP contribution in [0, 0.1) is 0 Å². The van der Waals surface area contributed by atoms with Crippen LogP contribution in [0.1, 0.15) is 0 Å². The van der Waals surface area contributed by atoms with Crippen LogP contribution >= 0.6 is 0 Å². The summed E-state index contributed by atoms with van der Waals surface area (Å²) in [5.41, 5.74) is 4.56. The van der Waals surface area contributed by atoms with Gasteiger partial charge in [0.1, 0.15) is 11.5 Å². The monoisotopic (exact) mass is 368 g/mol. The third-order valence-corrected chi connectivity index (χ3v) is 4.51. The van der Waals surface area contributed by atoms with Gasteiger partial charge in [0.05, 0.1) is 25.6 Å². The van der Waals surface area contributed by atoms with Crippen LogP contribution < -0.4 is 9.47 Å². The lowest BCUT2D eigenvalue weighted by Gasteiger charge is -2.13. The Hall–Kier alpha value is -3.66. The van der Waals surface area contributed by atoms with Gasteiger partial charge < -0.3 is 9.47 Å². The molecule has 0 aliphatic heterocycles. The van der Waals surface area contributed by atoms with Gasteiger partial charge in [-0.05, 0) is 18.2 Å². The van der Waals surface area contributed by atoms with Crippen molar-refractivity contribution < 1.29 is 9.47 Å². The number of aromatic nitrogens is 2. The maximum Gasteiger partial charge on any atom is 0.160 e. The predicted molar refractivity (Wildman–Crippen MR) is 111 cm³/mol. The molecule has 0 spiro atoms. The number of methoxy groups -OCH3 is 2. The Morgan fingerprint density at radius 3 is 1.89 bits per heavy atom. The smallest absolute Gasteiger partial charge is 0.160 e. The fourth-order valence-electron chi connectivity index (χ4n) is 3.07. The largest absolute Gasteiger partial charge is 0.497 e. The number of nitrogens with zero attached hydrogens (tertiary/aromatic N) is 2. The highest BCUT2D eigenvalue weighted by atomic mass is 16.5. The summed E-state index contributed by atoms with van der Waals surface area (Å²) >= 11 is 0. The minimum Gasteiger partial charge on any atom is -0.497 e. The molecule has 0 aliphatic carbocycles. The molecular weight excluding hydrogens is 348 g/mol. The molecule has 28 heavy (non-hydrogen) atoms. The first kappa shape index (κ1) is 17.7. The van der Waals surface area contributed by atoms with Crippen molar-refractivity contribution in [3.63, 3.8) is 0 Å². The molecule has 4 rings (SSSR count). The predicted octanol–water partition coefficient (Wildman–Crippen LogP) is 5.49. The number of ether oxygens (including phenoxy) is 2. The molecule has 0 saturated carbocycles. The van der Waals surface area contributed by atoms with Crippen molar-refractivity contribution >= 4 is 0 Å². The van der Waals surface area contributed by atoms with Crippen molar-refractivity contribution in [3.8, 4) is 45.4 Å². The lowest BCUT2D eigenvalue weighted by atomic mass is 10.1. The molecule has 4 nitrogen and oxygen atoms in total. The third-order valence-electron chi connectivity index (χ3n) is 4.51. The quantitative estimate of drug-likeness (QED) is 0.467. The van der Waals surface area contributed by atoms with Gasteiger partial charge in [-0.3, -0.25) is 0 Å². The summed E-state index contributed by atoms with van der Waals surface area (Å²) in [5.74, 6) is 2.12. The highest BCUT2D eigenvalue weighted by Gasteiger charge is 2.14. The van der Waals surface area contributed by atoms with E-state index in [1.807, 2.05) is 84.9 Å². The van der Waals surface area contributed by atoms with Gasteiger partial charge in [0, 0.05) is 22.8 Å². The number of hydrogen-bond acceptors (Lipinski definition) is 4. The van der Waals surface area contributed by atoms with Crippen molar-refractivity contribution in [2.24, 2.45) is 0 Å². The Bertz CT molecular complexity index is 1020. The lowest BCUT2D eigenvalue weighted by molar-refractivity contribution is 0.395. The van der Waals surface area contributed by atoms with Crippen molar-refractivity contribution in [2.75, 3.05) is 14.2 Å². The highest BCUT2D eigenvalue weighted by Crippen LogP contribution is 2.35. The molecule has 1 heterocycles. The summed E-state index contributed by atoms with van der Waals surface area (Å²) in [5, 5.41) is 0. The summed E-state index contributed by atoms with van der Waals surface area (Å²) in [4.78, 5) is 9.64. The van der Waals surface area contributed by atoms with Crippen LogP contribution in [0.5, 0.6) is 11.5 Å². The Morgan fingerprint density at radius 2 is 1.25 bits per heavy atom. The maximum atomic E-state index is 5.59. The normalized spacial score (nSPS) is 10.5. The second-order valence-corrected chi connectivity index (χ2v) is 6.26. The van der Waals surface area contributed by atoms with Gasteiger partial charge in [-0.2, -0.15) is 0 Å². The van der Waals surface area contributed by atoms with E-state index in [4.69, 9.17) is 19.4 Å². The van der Waals surface area contributed by atoms with E-state index < -0.39 is 0 Å². The Balaban J connectivity index is 1.92. The van der Waals surface area contributed by atoms with Gasteiger partial charge in [-0.25, -0.2) is 9.97 Å². The first-order valence-corrected chi connectivity index (χ1v) is 9.01. The van der Waals surface area contributed by atoms with Crippen LogP contribution in [0.2, 0.25) is 0 Å². The topological polar surface area (TPSA) is 44.2 Å². The van der Waals surface area contributed by atoms with E-state index >= 15 is 0 Å². The Morgan fingerprint density at radius 1 is 0.607 bits per heavy atom. The number of benzene rings is 3. The summed E-state index contributed by atoms with van der Waals surface area (Å²) in [6.07, 6.45) is 0. The van der Waals surface area contributed by atoms with E-state index in [1.165, 1.54) is 0 Å². The first-order valence-electron chi connectivity index (χ1n) is 9.01. The fourth-order valence-corrected chi connectivity index (χ4v) is 3.07. The van der Waals surface area contributed by atoms with Gasteiger partial charge in [0.25, 0.3) is 0 Å². The van der Waals surface area contributed by atoms with Gasteiger partial charge in [0.15, 0.2) is 5.82 Å². The molecule has 0 atom stereocenters. The second-order valence-electron chi connectivity index (χ2n) is 6.26. The molecule has 3 aromatic carbocycles. The van der Waals surface area contributed by atoms with Crippen LogP contribution in [-0.2, 0) is 0 Å². The molecule has 1 aromatic heterocycles. The number of hydrogen-bond donors (Lipinski definition) is 0. The molecule has 138 valence electrons.